The van der Waals surface area contributed by atoms with Crippen LogP contribution in [0.25, 0.3) is 0 Å². The number of ketones is 1. The van der Waals surface area contributed by atoms with Crippen molar-refractivity contribution in [3.05, 3.63) is 124 Å². The number of amides is 1. The summed E-state index contributed by atoms with van der Waals surface area (Å²) in [6.07, 6.45) is 2.25. The first kappa shape index (κ1) is 24.1. The average molecular weight is 466 g/mol. The van der Waals surface area contributed by atoms with Gasteiger partial charge in [-0.25, -0.2) is 0 Å². The molecule has 0 atom stereocenters. The summed E-state index contributed by atoms with van der Waals surface area (Å²) in [4.78, 5) is 25.0. The summed E-state index contributed by atoms with van der Waals surface area (Å²) in [6, 6.07) is 25.9. The predicted molar refractivity (Wildman–Crippen MR) is 139 cm³/mol. The molecule has 0 saturated heterocycles. The Morgan fingerprint density at radius 2 is 1.46 bits per heavy atom. The van der Waals surface area contributed by atoms with Crippen LogP contribution in [0.15, 0.2) is 78.9 Å². The lowest BCUT2D eigenvalue weighted by molar-refractivity contribution is 0.0961. The first-order chi connectivity index (χ1) is 16.9. The van der Waals surface area contributed by atoms with E-state index in [0.29, 0.717) is 18.5 Å². The van der Waals surface area contributed by atoms with Crippen molar-refractivity contribution in [1.29, 1.82) is 0 Å². The molecule has 0 saturated carbocycles. The summed E-state index contributed by atoms with van der Waals surface area (Å²) in [5.74, 6) is -0.0236. The molecule has 0 spiro atoms. The fourth-order valence-electron chi connectivity index (χ4n) is 4.33. The number of rotatable bonds is 9. The van der Waals surface area contributed by atoms with Crippen molar-refractivity contribution in [2.75, 3.05) is 7.05 Å². The van der Waals surface area contributed by atoms with Crippen LogP contribution in [0.1, 0.15) is 54.4 Å². The van der Waals surface area contributed by atoms with E-state index in [1.165, 1.54) is 11.1 Å². The Kier molecular flexibility index (Phi) is 7.56. The first-order valence-electron chi connectivity index (χ1n) is 11.9. The molecule has 4 aromatic rings. The Morgan fingerprint density at radius 1 is 0.800 bits per heavy atom. The van der Waals surface area contributed by atoms with Crippen molar-refractivity contribution in [2.45, 2.75) is 39.7 Å². The van der Waals surface area contributed by atoms with Crippen LogP contribution in [0.4, 0.5) is 0 Å². The predicted octanol–water partition coefficient (Wildman–Crippen LogP) is 5.12. The summed E-state index contributed by atoms with van der Waals surface area (Å²) in [5, 5.41) is 7.33. The third kappa shape index (κ3) is 5.93. The fraction of sp³-hybridized carbons (Fsp3) is 0.233. The molecule has 1 aromatic heterocycles. The molecule has 0 aliphatic carbocycles. The highest BCUT2D eigenvalue weighted by atomic mass is 16.1. The molecule has 1 amide bonds. The normalized spacial score (nSPS) is 10.8. The van der Waals surface area contributed by atoms with E-state index in [1.807, 2.05) is 54.9 Å². The van der Waals surface area contributed by atoms with E-state index in [9.17, 15) is 9.59 Å². The summed E-state index contributed by atoms with van der Waals surface area (Å²) in [6.45, 7) is 4.49. The molecule has 0 fully saturated rings. The van der Waals surface area contributed by atoms with Crippen LogP contribution in [0.2, 0.25) is 0 Å². The number of nitrogens with zero attached hydrogens (tertiary/aromatic N) is 2. The number of aryl methyl sites for hydroxylation is 3. The SMILES string of the molecule is CNC(=O)c1cccc(Cn2nc(C)c(CC(=O)c3ccc(CCc4ccccc4)cc3)c2C)c1. The maximum atomic E-state index is 13.0. The molecule has 1 heterocycles. The summed E-state index contributed by atoms with van der Waals surface area (Å²) in [7, 11) is 1.62. The molecule has 1 N–H and O–H groups in total. The van der Waals surface area contributed by atoms with Crippen LogP contribution < -0.4 is 5.32 Å². The summed E-state index contributed by atoms with van der Waals surface area (Å²) in [5.41, 5.74) is 7.66. The zero-order valence-corrected chi connectivity index (χ0v) is 20.5. The van der Waals surface area contributed by atoms with E-state index in [-0.39, 0.29) is 11.7 Å². The van der Waals surface area contributed by atoms with Crippen molar-refractivity contribution in [2.24, 2.45) is 0 Å². The number of aromatic nitrogens is 2. The van der Waals surface area contributed by atoms with E-state index in [4.69, 9.17) is 0 Å². The number of hydrogen-bond acceptors (Lipinski definition) is 3. The lowest BCUT2D eigenvalue weighted by Gasteiger charge is -2.08. The Labute approximate surface area is 206 Å². The second kappa shape index (κ2) is 11.0. The van der Waals surface area contributed by atoms with Crippen molar-refractivity contribution in [3.63, 3.8) is 0 Å². The van der Waals surface area contributed by atoms with Gasteiger partial charge in [-0.2, -0.15) is 5.10 Å². The van der Waals surface area contributed by atoms with Crippen molar-refractivity contribution in [1.82, 2.24) is 15.1 Å². The Morgan fingerprint density at radius 3 is 2.14 bits per heavy atom. The van der Waals surface area contributed by atoms with Gasteiger partial charge in [-0.15, -0.1) is 0 Å². The number of benzene rings is 3. The van der Waals surface area contributed by atoms with Crippen LogP contribution in [-0.2, 0) is 25.8 Å². The largest absolute Gasteiger partial charge is 0.355 e. The molecule has 35 heavy (non-hydrogen) atoms. The molecule has 0 aliphatic heterocycles. The van der Waals surface area contributed by atoms with Crippen LogP contribution in [0, 0.1) is 13.8 Å². The van der Waals surface area contributed by atoms with Gasteiger partial charge in [0.1, 0.15) is 0 Å². The molecule has 5 nitrogen and oxygen atoms in total. The summed E-state index contributed by atoms with van der Waals surface area (Å²) >= 11 is 0. The lowest BCUT2D eigenvalue weighted by atomic mass is 9.99. The van der Waals surface area contributed by atoms with Gasteiger partial charge in [0.05, 0.1) is 12.2 Å². The minimum Gasteiger partial charge on any atom is -0.355 e. The highest BCUT2D eigenvalue weighted by Gasteiger charge is 2.17. The molecule has 0 radical (unpaired) electrons. The van der Waals surface area contributed by atoms with E-state index in [1.54, 1.807) is 13.1 Å². The lowest BCUT2D eigenvalue weighted by Crippen LogP contribution is -2.18. The van der Waals surface area contributed by atoms with Gasteiger partial charge in [0.15, 0.2) is 5.78 Å². The Bertz CT molecular complexity index is 1320. The maximum absolute atomic E-state index is 13.0. The number of carbonyl (C=O) groups excluding carboxylic acids is 2. The quantitative estimate of drug-likeness (QED) is 0.349. The number of Topliss-reactive ketones (excluding diaryl/α,β-unsaturated/α-hetero) is 1. The van der Waals surface area contributed by atoms with Crippen LogP contribution in [-0.4, -0.2) is 28.5 Å². The van der Waals surface area contributed by atoms with E-state index in [2.05, 4.69) is 46.8 Å². The highest BCUT2D eigenvalue weighted by Crippen LogP contribution is 2.19. The van der Waals surface area contributed by atoms with Gasteiger partial charge < -0.3 is 5.32 Å². The zero-order valence-electron chi connectivity index (χ0n) is 20.5. The van der Waals surface area contributed by atoms with Crippen LogP contribution in [0.3, 0.4) is 0 Å². The third-order valence-electron chi connectivity index (χ3n) is 6.44. The van der Waals surface area contributed by atoms with Crippen LogP contribution in [0.5, 0.6) is 0 Å². The van der Waals surface area contributed by atoms with Gasteiger partial charge >= 0.3 is 0 Å². The van der Waals surface area contributed by atoms with Crippen molar-refractivity contribution < 1.29 is 9.59 Å². The second-order valence-electron chi connectivity index (χ2n) is 8.87. The highest BCUT2D eigenvalue weighted by molar-refractivity contribution is 5.97. The molecular weight excluding hydrogens is 434 g/mol. The van der Waals surface area contributed by atoms with E-state index < -0.39 is 0 Å². The summed E-state index contributed by atoms with van der Waals surface area (Å²) < 4.78 is 1.91. The van der Waals surface area contributed by atoms with Gasteiger partial charge in [-0.1, -0.05) is 66.7 Å². The monoisotopic (exact) mass is 465 g/mol. The van der Waals surface area contributed by atoms with Crippen molar-refractivity contribution >= 4 is 11.7 Å². The van der Waals surface area contributed by atoms with Crippen molar-refractivity contribution in [3.8, 4) is 0 Å². The Hall–Kier alpha value is -3.99. The molecule has 5 heteroatoms. The van der Waals surface area contributed by atoms with Gasteiger partial charge in [-0.05, 0) is 55.5 Å². The maximum Gasteiger partial charge on any atom is 0.251 e. The van der Waals surface area contributed by atoms with Gasteiger partial charge in [0.2, 0.25) is 0 Å². The standard InChI is InChI=1S/C30H31N3O2/c1-21-28(22(2)33(32-21)20-25-10-7-11-27(18-25)30(35)31-3)19-29(34)26-16-14-24(15-17-26)13-12-23-8-5-4-6-9-23/h4-11,14-18H,12-13,19-20H2,1-3H3,(H,31,35). The van der Waals surface area contributed by atoms with Gasteiger partial charge in [0, 0.05) is 35.9 Å². The number of hydrogen-bond donors (Lipinski definition) is 1. The molecule has 4 rings (SSSR count). The van der Waals surface area contributed by atoms with E-state index in [0.717, 1.165) is 40.9 Å². The molecule has 178 valence electrons. The topological polar surface area (TPSA) is 64.0 Å². The fourth-order valence-corrected chi connectivity index (χ4v) is 4.33. The number of nitrogens with one attached hydrogen (secondary N) is 1. The molecule has 0 bridgehead atoms. The van der Waals surface area contributed by atoms with Gasteiger partial charge in [-0.3, -0.25) is 14.3 Å². The minimum atomic E-state index is -0.113. The first-order valence-corrected chi connectivity index (χ1v) is 11.9. The third-order valence-corrected chi connectivity index (χ3v) is 6.44. The smallest absolute Gasteiger partial charge is 0.251 e. The Balaban J connectivity index is 1.42. The molecule has 0 unspecified atom stereocenters. The number of carbonyl (C=O) groups is 2. The molecule has 3 aromatic carbocycles. The zero-order chi connectivity index (χ0) is 24.8. The second-order valence-corrected chi connectivity index (χ2v) is 8.87. The average Bonchev–Trinajstić information content (AvgIpc) is 3.15. The molecular formula is C30H31N3O2. The van der Waals surface area contributed by atoms with Gasteiger partial charge in [0.25, 0.3) is 5.91 Å². The van der Waals surface area contributed by atoms with Crippen LogP contribution >= 0.6 is 0 Å². The molecule has 0 aliphatic rings. The van der Waals surface area contributed by atoms with E-state index >= 15 is 0 Å². The minimum absolute atomic E-state index is 0.0898.